The fourth-order valence-electron chi connectivity index (χ4n) is 2.53. The van der Waals surface area contributed by atoms with Crippen LogP contribution in [0.5, 0.6) is 11.5 Å². The number of hydrogen-bond donors (Lipinski definition) is 1. The summed E-state index contributed by atoms with van der Waals surface area (Å²) in [5, 5.41) is 0. The maximum Gasteiger partial charge on any atom is 0.122 e. The van der Waals surface area contributed by atoms with Gasteiger partial charge in [0.1, 0.15) is 18.1 Å². The van der Waals surface area contributed by atoms with Gasteiger partial charge < -0.3 is 19.9 Å². The minimum absolute atomic E-state index is 0.144. The van der Waals surface area contributed by atoms with Crippen LogP contribution in [0, 0.1) is 0 Å². The standard InChI is InChI=1S/C17H27NO3/c1-3-14(18)10-13-11-15(19-2)7-8-17(13)21-12-16-6-4-5-9-20-16/h7-8,11,14,16H,3-6,9-10,12,18H2,1-2H3. The van der Waals surface area contributed by atoms with Crippen LogP contribution >= 0.6 is 0 Å². The van der Waals surface area contributed by atoms with Gasteiger partial charge in [-0.1, -0.05) is 6.92 Å². The van der Waals surface area contributed by atoms with Gasteiger partial charge in [0, 0.05) is 12.6 Å². The molecule has 4 nitrogen and oxygen atoms in total. The van der Waals surface area contributed by atoms with Crippen LogP contribution in [0.4, 0.5) is 0 Å². The molecule has 1 heterocycles. The van der Waals surface area contributed by atoms with Crippen molar-refractivity contribution < 1.29 is 14.2 Å². The van der Waals surface area contributed by atoms with E-state index in [4.69, 9.17) is 19.9 Å². The third-order valence-corrected chi connectivity index (χ3v) is 3.97. The summed E-state index contributed by atoms with van der Waals surface area (Å²) in [5.41, 5.74) is 7.19. The molecule has 0 radical (unpaired) electrons. The maximum atomic E-state index is 6.08. The molecule has 1 aliphatic heterocycles. The summed E-state index contributed by atoms with van der Waals surface area (Å²) in [6.45, 7) is 3.56. The van der Waals surface area contributed by atoms with Crippen LogP contribution in [0.3, 0.4) is 0 Å². The van der Waals surface area contributed by atoms with Gasteiger partial charge in [0.05, 0.1) is 13.2 Å². The van der Waals surface area contributed by atoms with Crippen molar-refractivity contribution in [2.24, 2.45) is 5.73 Å². The molecule has 21 heavy (non-hydrogen) atoms. The van der Waals surface area contributed by atoms with Gasteiger partial charge in [-0.2, -0.15) is 0 Å². The Balaban J connectivity index is 2.01. The molecule has 0 bridgehead atoms. The Morgan fingerprint density at radius 2 is 2.24 bits per heavy atom. The largest absolute Gasteiger partial charge is 0.497 e. The lowest BCUT2D eigenvalue weighted by Gasteiger charge is -2.23. The summed E-state index contributed by atoms with van der Waals surface area (Å²) in [5.74, 6) is 1.74. The smallest absolute Gasteiger partial charge is 0.122 e. The van der Waals surface area contributed by atoms with Crippen molar-refractivity contribution in [3.8, 4) is 11.5 Å². The molecule has 4 heteroatoms. The highest BCUT2D eigenvalue weighted by Gasteiger charge is 2.16. The van der Waals surface area contributed by atoms with Crippen molar-refractivity contribution in [3.63, 3.8) is 0 Å². The van der Waals surface area contributed by atoms with E-state index in [1.54, 1.807) is 7.11 Å². The summed E-state index contributed by atoms with van der Waals surface area (Å²) in [6, 6.07) is 6.06. The molecule has 2 unspecified atom stereocenters. The minimum Gasteiger partial charge on any atom is -0.497 e. The first kappa shape index (κ1) is 16.1. The highest BCUT2D eigenvalue weighted by atomic mass is 16.5. The van der Waals surface area contributed by atoms with Gasteiger partial charge in [0.2, 0.25) is 0 Å². The van der Waals surface area contributed by atoms with Crippen molar-refractivity contribution in [2.75, 3.05) is 20.3 Å². The summed E-state index contributed by atoms with van der Waals surface area (Å²) in [7, 11) is 1.68. The Morgan fingerprint density at radius 1 is 1.38 bits per heavy atom. The zero-order valence-corrected chi connectivity index (χ0v) is 13.1. The predicted octanol–water partition coefficient (Wildman–Crippen LogP) is 2.92. The third-order valence-electron chi connectivity index (χ3n) is 3.97. The number of ether oxygens (including phenoxy) is 3. The molecular weight excluding hydrogens is 266 g/mol. The zero-order chi connectivity index (χ0) is 15.1. The SMILES string of the molecule is CCC(N)Cc1cc(OC)ccc1OCC1CCCCO1. The first-order valence-corrected chi connectivity index (χ1v) is 7.89. The Labute approximate surface area is 127 Å². The highest BCUT2D eigenvalue weighted by molar-refractivity contribution is 5.40. The van der Waals surface area contributed by atoms with Crippen LogP contribution in [0.15, 0.2) is 18.2 Å². The minimum atomic E-state index is 0.144. The van der Waals surface area contributed by atoms with Gasteiger partial charge in [-0.25, -0.2) is 0 Å². The number of hydrogen-bond acceptors (Lipinski definition) is 4. The van der Waals surface area contributed by atoms with E-state index in [2.05, 4.69) is 6.92 Å². The van der Waals surface area contributed by atoms with E-state index >= 15 is 0 Å². The molecule has 0 aromatic heterocycles. The quantitative estimate of drug-likeness (QED) is 0.840. The van der Waals surface area contributed by atoms with E-state index in [0.29, 0.717) is 6.61 Å². The van der Waals surface area contributed by atoms with Crippen LogP contribution in [0.2, 0.25) is 0 Å². The molecule has 1 saturated heterocycles. The molecule has 0 saturated carbocycles. The van der Waals surface area contributed by atoms with E-state index < -0.39 is 0 Å². The number of nitrogens with two attached hydrogens (primary N) is 1. The highest BCUT2D eigenvalue weighted by Crippen LogP contribution is 2.26. The van der Waals surface area contributed by atoms with Crippen LogP contribution in [0.25, 0.3) is 0 Å². The molecule has 1 aromatic rings. The summed E-state index contributed by atoms with van der Waals surface area (Å²) >= 11 is 0. The maximum absolute atomic E-state index is 6.08. The molecule has 2 atom stereocenters. The Morgan fingerprint density at radius 3 is 2.90 bits per heavy atom. The number of benzene rings is 1. The van der Waals surface area contributed by atoms with Crippen molar-refractivity contribution in [3.05, 3.63) is 23.8 Å². The summed E-state index contributed by atoms with van der Waals surface area (Å²) < 4.78 is 17.0. The molecule has 1 aromatic carbocycles. The third kappa shape index (κ3) is 4.90. The van der Waals surface area contributed by atoms with Crippen LogP contribution < -0.4 is 15.2 Å². The summed E-state index contributed by atoms with van der Waals surface area (Å²) in [4.78, 5) is 0. The second kappa shape index (κ2) is 8.25. The van der Waals surface area contributed by atoms with E-state index in [-0.39, 0.29) is 12.1 Å². The van der Waals surface area contributed by atoms with Crippen molar-refractivity contribution in [1.29, 1.82) is 0 Å². The van der Waals surface area contributed by atoms with Gasteiger partial charge in [0.15, 0.2) is 0 Å². The van der Waals surface area contributed by atoms with Crippen LogP contribution in [0.1, 0.15) is 38.2 Å². The molecule has 1 fully saturated rings. The topological polar surface area (TPSA) is 53.7 Å². The Kier molecular flexibility index (Phi) is 6.33. The van der Waals surface area contributed by atoms with Gasteiger partial charge in [0.25, 0.3) is 0 Å². The average molecular weight is 293 g/mol. The number of rotatable bonds is 7. The molecule has 118 valence electrons. The first-order valence-electron chi connectivity index (χ1n) is 7.89. The Bertz CT molecular complexity index is 430. The van der Waals surface area contributed by atoms with Gasteiger partial charge >= 0.3 is 0 Å². The zero-order valence-electron chi connectivity index (χ0n) is 13.1. The molecule has 2 rings (SSSR count). The lowest BCUT2D eigenvalue weighted by atomic mass is 10.0. The van der Waals surface area contributed by atoms with Crippen molar-refractivity contribution >= 4 is 0 Å². The second-order valence-electron chi connectivity index (χ2n) is 5.65. The lowest BCUT2D eigenvalue weighted by Crippen LogP contribution is -2.26. The van der Waals surface area contributed by atoms with E-state index in [1.807, 2.05) is 18.2 Å². The van der Waals surface area contributed by atoms with Gasteiger partial charge in [-0.05, 0) is 55.9 Å². The molecule has 0 aliphatic carbocycles. The van der Waals surface area contributed by atoms with Gasteiger partial charge in [-0.15, -0.1) is 0 Å². The van der Waals surface area contributed by atoms with Crippen LogP contribution in [-0.2, 0) is 11.2 Å². The molecular formula is C17H27NO3. The van der Waals surface area contributed by atoms with Crippen LogP contribution in [-0.4, -0.2) is 32.5 Å². The number of methoxy groups -OCH3 is 1. The Hall–Kier alpha value is -1.26. The molecule has 0 amide bonds. The summed E-state index contributed by atoms with van der Waals surface area (Å²) in [6.07, 6.45) is 5.44. The normalized spacial score (nSPS) is 20.0. The predicted molar refractivity (Wildman–Crippen MR) is 84.1 cm³/mol. The van der Waals surface area contributed by atoms with E-state index in [9.17, 15) is 0 Å². The lowest BCUT2D eigenvalue weighted by molar-refractivity contribution is -0.0112. The van der Waals surface area contributed by atoms with Crippen molar-refractivity contribution in [1.82, 2.24) is 0 Å². The average Bonchev–Trinajstić information content (AvgIpc) is 2.54. The van der Waals surface area contributed by atoms with Crippen molar-refractivity contribution in [2.45, 2.75) is 51.2 Å². The fraction of sp³-hybridized carbons (Fsp3) is 0.647. The first-order chi connectivity index (χ1) is 10.2. The second-order valence-corrected chi connectivity index (χ2v) is 5.65. The monoisotopic (exact) mass is 293 g/mol. The molecule has 2 N–H and O–H groups in total. The van der Waals surface area contributed by atoms with E-state index in [0.717, 1.165) is 49.4 Å². The fourth-order valence-corrected chi connectivity index (χ4v) is 2.53. The molecule has 1 aliphatic rings. The van der Waals surface area contributed by atoms with E-state index in [1.165, 1.54) is 6.42 Å². The molecule has 0 spiro atoms. The van der Waals surface area contributed by atoms with Gasteiger partial charge in [-0.3, -0.25) is 0 Å².